The van der Waals surface area contributed by atoms with E-state index >= 15 is 0 Å². The van der Waals surface area contributed by atoms with Crippen LogP contribution >= 0.6 is 0 Å². The quantitative estimate of drug-likeness (QED) is 0.623. The minimum Gasteiger partial charge on any atom is -0.494 e. The highest BCUT2D eigenvalue weighted by atomic mass is 16.5. The van der Waals surface area contributed by atoms with Crippen LogP contribution in [0.1, 0.15) is 35.6 Å². The van der Waals surface area contributed by atoms with E-state index in [1.807, 2.05) is 62.4 Å². The Morgan fingerprint density at radius 3 is 2.29 bits per heavy atom. The van der Waals surface area contributed by atoms with Gasteiger partial charge in [-0.25, -0.2) is 9.97 Å². The van der Waals surface area contributed by atoms with Crippen molar-refractivity contribution in [2.24, 2.45) is 0 Å². The Kier molecular flexibility index (Phi) is 6.22. The molecule has 0 saturated heterocycles. The molecule has 28 heavy (non-hydrogen) atoms. The van der Waals surface area contributed by atoms with Gasteiger partial charge in [-0.05, 0) is 68.3 Å². The molecule has 3 rings (SSSR count). The molecule has 0 aliphatic rings. The molecule has 6 nitrogen and oxygen atoms in total. The Morgan fingerprint density at radius 1 is 0.964 bits per heavy atom. The summed E-state index contributed by atoms with van der Waals surface area (Å²) < 4.78 is 5.44. The normalized spacial score (nSPS) is 10.4. The number of hydrogen-bond donors (Lipinski definition) is 2. The third-order valence-corrected chi connectivity index (χ3v) is 4.13. The summed E-state index contributed by atoms with van der Waals surface area (Å²) in [7, 11) is 0. The molecular weight excluding hydrogens is 352 g/mol. The maximum Gasteiger partial charge on any atom is 0.274 e. The lowest BCUT2D eigenvalue weighted by Gasteiger charge is -2.10. The Balaban J connectivity index is 1.73. The number of anilines is 3. The van der Waals surface area contributed by atoms with E-state index in [-0.39, 0.29) is 5.91 Å². The highest BCUT2D eigenvalue weighted by Crippen LogP contribution is 2.19. The van der Waals surface area contributed by atoms with Crippen molar-refractivity contribution in [3.05, 3.63) is 71.5 Å². The first-order valence-corrected chi connectivity index (χ1v) is 9.33. The first-order chi connectivity index (χ1) is 13.6. The molecule has 6 heteroatoms. The first-order valence-electron chi connectivity index (χ1n) is 9.33. The van der Waals surface area contributed by atoms with Crippen LogP contribution in [-0.2, 0) is 6.42 Å². The summed E-state index contributed by atoms with van der Waals surface area (Å²) in [5.74, 6) is 0.896. The highest BCUT2D eigenvalue weighted by molar-refractivity contribution is 6.03. The summed E-state index contributed by atoms with van der Waals surface area (Å²) in [6.07, 6.45) is 0.958. The van der Waals surface area contributed by atoms with E-state index in [4.69, 9.17) is 4.74 Å². The SMILES string of the molecule is CCOc1ccc(Nc2nc(C)cc(C(=O)Nc3ccc(CC)cc3)n2)cc1. The lowest BCUT2D eigenvalue weighted by molar-refractivity contribution is 0.102. The standard InChI is InChI=1S/C22H24N4O2/c1-4-16-6-8-17(9-7-16)24-21(27)20-14-15(3)23-22(26-20)25-18-10-12-19(13-11-18)28-5-2/h6-14H,4-5H2,1-3H3,(H,24,27)(H,23,25,26). The van der Waals surface area contributed by atoms with Gasteiger partial charge in [-0.3, -0.25) is 4.79 Å². The number of nitrogens with zero attached hydrogens (tertiary/aromatic N) is 2. The second kappa shape index (κ2) is 8.99. The molecule has 2 N–H and O–H groups in total. The number of carbonyl (C=O) groups excluding carboxylic acids is 1. The van der Waals surface area contributed by atoms with E-state index < -0.39 is 0 Å². The molecule has 0 aliphatic carbocycles. The van der Waals surface area contributed by atoms with Crippen LogP contribution in [-0.4, -0.2) is 22.5 Å². The fourth-order valence-corrected chi connectivity index (χ4v) is 2.69. The fraction of sp³-hybridized carbons (Fsp3) is 0.227. The van der Waals surface area contributed by atoms with E-state index in [9.17, 15) is 4.79 Å². The van der Waals surface area contributed by atoms with Crippen molar-refractivity contribution in [2.45, 2.75) is 27.2 Å². The maximum atomic E-state index is 12.6. The Bertz CT molecular complexity index is 938. The maximum absolute atomic E-state index is 12.6. The third-order valence-electron chi connectivity index (χ3n) is 4.13. The van der Waals surface area contributed by atoms with Crippen molar-refractivity contribution in [1.82, 2.24) is 9.97 Å². The molecule has 1 heterocycles. The van der Waals surface area contributed by atoms with Crippen molar-refractivity contribution in [3.63, 3.8) is 0 Å². The molecule has 0 radical (unpaired) electrons. The molecule has 144 valence electrons. The molecule has 0 bridgehead atoms. The van der Waals surface area contributed by atoms with Crippen molar-refractivity contribution in [2.75, 3.05) is 17.2 Å². The zero-order valence-electron chi connectivity index (χ0n) is 16.3. The first kappa shape index (κ1) is 19.4. The van der Waals surface area contributed by atoms with E-state index in [2.05, 4.69) is 27.5 Å². The van der Waals surface area contributed by atoms with E-state index in [0.29, 0.717) is 23.9 Å². The van der Waals surface area contributed by atoms with E-state index in [1.54, 1.807) is 6.07 Å². The van der Waals surface area contributed by atoms with Gasteiger partial charge >= 0.3 is 0 Å². The number of nitrogens with one attached hydrogen (secondary N) is 2. The zero-order chi connectivity index (χ0) is 19.9. The molecule has 1 aromatic heterocycles. The number of benzene rings is 2. The Labute approximate surface area is 165 Å². The van der Waals surface area contributed by atoms with Crippen LogP contribution in [0.25, 0.3) is 0 Å². The van der Waals surface area contributed by atoms with Crippen LogP contribution in [0.4, 0.5) is 17.3 Å². The minimum atomic E-state index is -0.274. The number of rotatable bonds is 7. The molecule has 2 aromatic carbocycles. The summed E-state index contributed by atoms with van der Waals surface area (Å²) in [5.41, 5.74) is 3.78. The van der Waals surface area contributed by atoms with Gasteiger partial charge in [-0.1, -0.05) is 19.1 Å². The number of carbonyl (C=O) groups is 1. The smallest absolute Gasteiger partial charge is 0.274 e. The molecule has 0 saturated carbocycles. The van der Waals surface area contributed by atoms with Gasteiger partial charge in [0.05, 0.1) is 6.61 Å². The second-order valence-corrected chi connectivity index (χ2v) is 6.31. The topological polar surface area (TPSA) is 76.1 Å². The summed E-state index contributed by atoms with van der Waals surface area (Å²) in [6.45, 7) is 6.49. The van der Waals surface area contributed by atoms with Gasteiger partial charge in [-0.2, -0.15) is 0 Å². The predicted octanol–water partition coefficient (Wildman–Crippen LogP) is 4.74. The van der Waals surface area contributed by atoms with Crippen LogP contribution in [0.3, 0.4) is 0 Å². The van der Waals surface area contributed by atoms with Gasteiger partial charge < -0.3 is 15.4 Å². The van der Waals surface area contributed by atoms with E-state index in [0.717, 1.165) is 23.5 Å². The van der Waals surface area contributed by atoms with E-state index in [1.165, 1.54) is 5.56 Å². The Morgan fingerprint density at radius 2 is 1.64 bits per heavy atom. The van der Waals surface area contributed by atoms with Gasteiger partial charge in [0.25, 0.3) is 5.91 Å². The monoisotopic (exact) mass is 376 g/mol. The van der Waals surface area contributed by atoms with Gasteiger partial charge in [-0.15, -0.1) is 0 Å². The summed E-state index contributed by atoms with van der Waals surface area (Å²) >= 11 is 0. The van der Waals surface area contributed by atoms with Crippen molar-refractivity contribution >= 4 is 23.2 Å². The van der Waals surface area contributed by atoms with Crippen LogP contribution < -0.4 is 15.4 Å². The number of hydrogen-bond acceptors (Lipinski definition) is 5. The zero-order valence-corrected chi connectivity index (χ0v) is 16.3. The highest BCUT2D eigenvalue weighted by Gasteiger charge is 2.11. The molecule has 0 atom stereocenters. The molecular formula is C22H24N4O2. The summed E-state index contributed by atoms with van der Waals surface area (Å²) in [4.78, 5) is 21.3. The molecule has 0 unspecified atom stereocenters. The number of amides is 1. The van der Waals surface area contributed by atoms with Crippen LogP contribution in [0, 0.1) is 6.92 Å². The number of aryl methyl sites for hydroxylation is 2. The van der Waals surface area contributed by atoms with Crippen LogP contribution in [0.15, 0.2) is 54.6 Å². The fourth-order valence-electron chi connectivity index (χ4n) is 2.69. The molecule has 0 fully saturated rings. The predicted molar refractivity (Wildman–Crippen MR) is 111 cm³/mol. The number of aromatic nitrogens is 2. The molecule has 3 aromatic rings. The summed E-state index contributed by atoms with van der Waals surface area (Å²) in [6, 6.07) is 17.0. The Hall–Kier alpha value is -3.41. The van der Waals surface area contributed by atoms with Gasteiger partial charge in [0.1, 0.15) is 11.4 Å². The van der Waals surface area contributed by atoms with Crippen LogP contribution in [0.2, 0.25) is 0 Å². The minimum absolute atomic E-state index is 0.274. The van der Waals surface area contributed by atoms with Crippen LogP contribution in [0.5, 0.6) is 5.75 Å². The summed E-state index contributed by atoms with van der Waals surface area (Å²) in [5, 5.41) is 6.01. The molecule has 0 spiro atoms. The third kappa shape index (κ3) is 5.07. The lowest BCUT2D eigenvalue weighted by atomic mass is 10.1. The van der Waals surface area contributed by atoms with Crippen molar-refractivity contribution in [3.8, 4) is 5.75 Å². The van der Waals surface area contributed by atoms with Gasteiger partial charge in [0.2, 0.25) is 5.95 Å². The van der Waals surface area contributed by atoms with Gasteiger partial charge in [0, 0.05) is 17.1 Å². The largest absolute Gasteiger partial charge is 0.494 e. The second-order valence-electron chi connectivity index (χ2n) is 6.31. The lowest BCUT2D eigenvalue weighted by Crippen LogP contribution is -2.15. The van der Waals surface area contributed by atoms with Crippen molar-refractivity contribution in [1.29, 1.82) is 0 Å². The average molecular weight is 376 g/mol. The van der Waals surface area contributed by atoms with Gasteiger partial charge in [0.15, 0.2) is 0 Å². The van der Waals surface area contributed by atoms with Crippen molar-refractivity contribution < 1.29 is 9.53 Å². The molecule has 1 amide bonds. The average Bonchev–Trinajstić information content (AvgIpc) is 2.70. The molecule has 0 aliphatic heterocycles. The number of ether oxygens (including phenoxy) is 1.